The molecule has 0 amide bonds. The van der Waals surface area contributed by atoms with Gasteiger partial charge in [0.05, 0.1) is 10.2 Å². The Labute approximate surface area is 209 Å². The van der Waals surface area contributed by atoms with Gasteiger partial charge in [-0.1, -0.05) is 36.4 Å². The average molecular weight is 596 g/mol. The smallest absolute Gasteiger partial charge is 0.236 e. The number of alkyl halides is 7. The van der Waals surface area contributed by atoms with Crippen LogP contribution in [0.25, 0.3) is 25.7 Å². The van der Waals surface area contributed by atoms with Gasteiger partial charge >= 0.3 is 17.8 Å². The fraction of sp³-hybridized carbons (Fsp3) is 0.190. The summed E-state index contributed by atoms with van der Waals surface area (Å²) in [5, 5.41) is -0.134. The number of hydrogen-bond donors (Lipinski definition) is 0. The molecule has 1 unspecified atom stereocenters. The quantitative estimate of drug-likeness (QED) is 0.227. The van der Waals surface area contributed by atoms with Gasteiger partial charge in [0.25, 0.3) is 14.7 Å². The van der Waals surface area contributed by atoms with Crippen molar-refractivity contribution in [1.82, 2.24) is 4.98 Å². The van der Waals surface area contributed by atoms with Gasteiger partial charge in [0, 0.05) is 21.8 Å². The van der Waals surface area contributed by atoms with E-state index >= 15 is 8.78 Å². The molecule has 0 fully saturated rings. The zero-order chi connectivity index (χ0) is 27.8. The summed E-state index contributed by atoms with van der Waals surface area (Å²) in [7, 11) is -0.656. The van der Waals surface area contributed by atoms with Crippen molar-refractivity contribution >= 4 is 46.2 Å². The Morgan fingerprint density at radius 2 is 1.41 bits per heavy atom. The van der Waals surface area contributed by atoms with E-state index in [-0.39, 0.29) is 5.01 Å². The predicted molar refractivity (Wildman–Crippen MR) is 116 cm³/mol. The van der Waals surface area contributed by atoms with Gasteiger partial charge in [0.2, 0.25) is 5.83 Å². The predicted octanol–water partition coefficient (Wildman–Crippen LogP) is 7.95. The summed E-state index contributed by atoms with van der Waals surface area (Å²) in [4.78, 5) is 1.80. The highest BCUT2D eigenvalue weighted by atomic mass is 35.7. The molecule has 37 heavy (non-hydrogen) atoms. The van der Waals surface area contributed by atoms with E-state index in [2.05, 4.69) is 4.98 Å². The Morgan fingerprint density at radius 1 is 0.838 bits per heavy atom. The first kappa shape index (κ1) is 27.4. The molecule has 4 rings (SSSR count). The molecule has 1 aromatic heterocycles. The number of thiazole rings is 1. The van der Waals surface area contributed by atoms with Gasteiger partial charge in [0.15, 0.2) is 11.7 Å². The van der Waals surface area contributed by atoms with Crippen LogP contribution in [0.4, 0.5) is 43.9 Å². The van der Waals surface area contributed by atoms with Crippen LogP contribution in [0.15, 0.2) is 66.0 Å². The molecule has 1 atom stereocenters. The van der Waals surface area contributed by atoms with Crippen LogP contribution < -0.4 is 0 Å². The number of benzene rings is 2. The second kappa shape index (κ2) is 8.43. The highest BCUT2D eigenvalue weighted by Crippen LogP contribution is 2.64. The standard InChI is InChI=1S/C21H8ClF10NO2S2/c22-37(34,35)13(9-5-1-2-6-10(9)17-33-11-7-3-4-8-12(11)36-17)14(23)18(26)15(24)16(25)19(27,28)21(31,32)20(18,29)30/h1-8H. The third-order valence-electron chi connectivity index (χ3n) is 5.43. The van der Waals surface area contributed by atoms with E-state index in [9.17, 15) is 43.5 Å². The zero-order valence-electron chi connectivity index (χ0n) is 17.4. The molecule has 3 aromatic rings. The summed E-state index contributed by atoms with van der Waals surface area (Å²) in [5.41, 5.74) is -7.52. The van der Waals surface area contributed by atoms with Crippen molar-refractivity contribution in [1.29, 1.82) is 0 Å². The van der Waals surface area contributed by atoms with Crippen molar-refractivity contribution in [2.24, 2.45) is 0 Å². The topological polar surface area (TPSA) is 47.0 Å². The summed E-state index contributed by atoms with van der Waals surface area (Å²) in [6, 6.07) is 10.0. The summed E-state index contributed by atoms with van der Waals surface area (Å²) >= 11 is 0.841. The molecule has 1 heterocycles. The van der Waals surface area contributed by atoms with E-state index in [0.29, 0.717) is 16.3 Å². The summed E-state index contributed by atoms with van der Waals surface area (Å²) < 4.78 is 168. The summed E-state index contributed by atoms with van der Waals surface area (Å²) in [6.07, 6.45) is 0. The Bertz CT molecular complexity index is 1570. The number of fused-ring (bicyclic) bond motifs is 1. The van der Waals surface area contributed by atoms with Crippen LogP contribution in [0.5, 0.6) is 0 Å². The molecule has 0 spiro atoms. The lowest BCUT2D eigenvalue weighted by atomic mass is 9.80. The molecule has 198 valence electrons. The maximum Gasteiger partial charge on any atom is 0.383 e. The average Bonchev–Trinajstić information content (AvgIpc) is 3.25. The Hall–Kier alpha value is -2.65. The number of aromatic nitrogens is 1. The summed E-state index contributed by atoms with van der Waals surface area (Å²) in [5.74, 6) is -32.3. The molecule has 0 bridgehead atoms. The molecule has 0 saturated heterocycles. The molecule has 2 aromatic carbocycles. The maximum absolute atomic E-state index is 15.5. The minimum Gasteiger partial charge on any atom is -0.236 e. The molecule has 1 aliphatic carbocycles. The third-order valence-corrected chi connectivity index (χ3v) is 7.85. The van der Waals surface area contributed by atoms with Gasteiger partial charge in [-0.2, -0.15) is 26.3 Å². The van der Waals surface area contributed by atoms with E-state index in [1.807, 2.05) is 0 Å². The fourth-order valence-electron chi connectivity index (χ4n) is 3.58. The Balaban J connectivity index is 2.11. The first-order valence-corrected chi connectivity index (χ1v) is 12.7. The van der Waals surface area contributed by atoms with E-state index < -0.39 is 66.0 Å². The second-order valence-corrected chi connectivity index (χ2v) is 11.2. The second-order valence-electron chi connectivity index (χ2n) is 7.62. The van der Waals surface area contributed by atoms with E-state index in [0.717, 1.165) is 23.5 Å². The van der Waals surface area contributed by atoms with Gasteiger partial charge < -0.3 is 0 Å². The van der Waals surface area contributed by atoms with Crippen molar-refractivity contribution in [3.05, 3.63) is 71.6 Å². The molecule has 16 heteroatoms. The molecule has 3 nitrogen and oxygen atoms in total. The van der Waals surface area contributed by atoms with Crippen molar-refractivity contribution in [2.75, 3.05) is 0 Å². The van der Waals surface area contributed by atoms with E-state index in [1.165, 1.54) is 12.1 Å². The van der Waals surface area contributed by atoms with Crippen molar-refractivity contribution in [3.8, 4) is 10.6 Å². The number of hydrogen-bond acceptors (Lipinski definition) is 4. The van der Waals surface area contributed by atoms with Crippen molar-refractivity contribution in [2.45, 2.75) is 23.4 Å². The number of para-hydroxylation sites is 1. The van der Waals surface area contributed by atoms with E-state index in [4.69, 9.17) is 10.7 Å². The van der Waals surface area contributed by atoms with Crippen LogP contribution in [0, 0.1) is 0 Å². The lowest BCUT2D eigenvalue weighted by molar-refractivity contribution is -0.341. The van der Waals surface area contributed by atoms with Gasteiger partial charge in [-0.25, -0.2) is 31.0 Å². The van der Waals surface area contributed by atoms with Crippen molar-refractivity contribution in [3.63, 3.8) is 0 Å². The van der Waals surface area contributed by atoms with Gasteiger partial charge in [0.1, 0.15) is 9.91 Å². The van der Waals surface area contributed by atoms with Crippen LogP contribution in [0.1, 0.15) is 5.56 Å². The lowest BCUT2D eigenvalue weighted by Gasteiger charge is -2.42. The Kier molecular flexibility index (Phi) is 6.24. The third kappa shape index (κ3) is 3.68. The molecule has 1 aliphatic rings. The first-order valence-electron chi connectivity index (χ1n) is 9.59. The van der Waals surface area contributed by atoms with Crippen LogP contribution in [0.2, 0.25) is 0 Å². The molecule has 0 aliphatic heterocycles. The molecule has 0 saturated carbocycles. The zero-order valence-corrected chi connectivity index (χ0v) is 19.7. The van der Waals surface area contributed by atoms with Crippen LogP contribution in [-0.2, 0) is 9.05 Å². The van der Waals surface area contributed by atoms with E-state index in [1.54, 1.807) is 18.2 Å². The molecular weight excluding hydrogens is 588 g/mol. The molecule has 0 N–H and O–H groups in total. The van der Waals surface area contributed by atoms with Gasteiger partial charge in [-0.15, -0.1) is 11.3 Å². The summed E-state index contributed by atoms with van der Waals surface area (Å²) in [6.45, 7) is 0. The fourth-order valence-corrected chi connectivity index (χ4v) is 5.83. The maximum atomic E-state index is 15.5. The van der Waals surface area contributed by atoms with Crippen molar-refractivity contribution < 1.29 is 52.3 Å². The molecular formula is C21H8ClF10NO2S2. The monoisotopic (exact) mass is 595 g/mol. The number of rotatable bonds is 4. The minimum absolute atomic E-state index is 0.134. The SMILES string of the molecule is O=S(=O)(Cl)C(=C(F)C1(F)C(F)=C(F)C(F)(F)C(F)(F)C1(F)F)c1ccccc1-c1nc2ccccc2s1. The first-order chi connectivity index (χ1) is 16.9. The van der Waals surface area contributed by atoms with Crippen LogP contribution in [0.3, 0.4) is 0 Å². The van der Waals surface area contributed by atoms with Gasteiger partial charge in [-0.05, 0) is 12.1 Å². The minimum atomic E-state index is -7.04. The number of nitrogens with zero attached hydrogens (tertiary/aromatic N) is 1. The normalized spacial score (nSPS) is 23.8. The highest BCUT2D eigenvalue weighted by Gasteiger charge is 2.87. The number of halogens is 11. The highest BCUT2D eigenvalue weighted by molar-refractivity contribution is 8.21. The largest absolute Gasteiger partial charge is 0.383 e. The van der Waals surface area contributed by atoms with Crippen LogP contribution >= 0.6 is 22.0 Å². The Morgan fingerprint density at radius 3 is 2.00 bits per heavy atom. The molecule has 0 radical (unpaired) electrons. The number of allylic oxidation sites excluding steroid dienone is 3. The van der Waals surface area contributed by atoms with Gasteiger partial charge in [-0.3, -0.25) is 0 Å². The van der Waals surface area contributed by atoms with Crippen LogP contribution in [-0.4, -0.2) is 36.8 Å². The lowest BCUT2D eigenvalue weighted by Crippen LogP contribution is -2.68.